The van der Waals surface area contributed by atoms with E-state index < -0.39 is 5.97 Å². The lowest BCUT2D eigenvalue weighted by atomic mass is 10.5. The van der Waals surface area contributed by atoms with Gasteiger partial charge in [0, 0.05) is 6.42 Å². The van der Waals surface area contributed by atoms with Gasteiger partial charge < -0.3 is 10.2 Å². The zero-order valence-corrected chi connectivity index (χ0v) is 4.46. The highest BCUT2D eigenvalue weighted by molar-refractivity contribution is 5.66. The Morgan fingerprint density at radius 1 is 1.88 bits per heavy atom. The van der Waals surface area contributed by atoms with Crippen LogP contribution >= 0.6 is 0 Å². The van der Waals surface area contributed by atoms with Gasteiger partial charge in [0.2, 0.25) is 0 Å². The number of aliphatic carboxylic acids is 1. The van der Waals surface area contributed by atoms with Crippen molar-refractivity contribution < 1.29 is 15.0 Å². The number of carboxylic acid groups (broad SMARTS) is 1. The molecule has 0 aliphatic heterocycles. The van der Waals surface area contributed by atoms with Crippen LogP contribution in [-0.4, -0.2) is 16.2 Å². The summed E-state index contributed by atoms with van der Waals surface area (Å²) < 4.78 is 0. The van der Waals surface area contributed by atoms with Gasteiger partial charge in [0.25, 0.3) is 6.26 Å². The van der Waals surface area contributed by atoms with Crippen LogP contribution in [0.25, 0.3) is 0 Å². The lowest BCUT2D eigenvalue weighted by Crippen LogP contribution is -1.86. The van der Waals surface area contributed by atoms with Crippen LogP contribution in [0.15, 0.2) is 0 Å². The van der Waals surface area contributed by atoms with Crippen LogP contribution in [0.1, 0.15) is 13.3 Å². The van der Waals surface area contributed by atoms with Gasteiger partial charge in [-0.05, 0) is 0 Å². The van der Waals surface area contributed by atoms with Gasteiger partial charge in [-0.1, -0.05) is 6.92 Å². The molecule has 0 aromatic carbocycles. The molecular formula is C4H7NO3. The maximum absolute atomic E-state index is 9.37. The van der Waals surface area contributed by atoms with Crippen molar-refractivity contribution in [2.45, 2.75) is 13.3 Å². The molecule has 0 radical (unpaired) electrons. The van der Waals surface area contributed by atoms with E-state index in [1.165, 1.54) is 0 Å². The summed E-state index contributed by atoms with van der Waals surface area (Å²) in [5.41, 5.74) is 0. The molecule has 4 heteroatoms. The predicted octanol–water partition coefficient (Wildman–Crippen LogP) is 0.321. The van der Waals surface area contributed by atoms with E-state index in [2.05, 4.69) is 0 Å². The number of nitrogens with zero attached hydrogens (tertiary/aromatic N) is 1. The summed E-state index contributed by atoms with van der Waals surface area (Å²) in [4.78, 5) is 9.37. The third-order valence-corrected chi connectivity index (χ3v) is 0.302. The summed E-state index contributed by atoms with van der Waals surface area (Å²) >= 11 is 0. The summed E-state index contributed by atoms with van der Waals surface area (Å²) in [6.45, 7) is 1.60. The van der Waals surface area contributed by atoms with Crippen molar-refractivity contribution in [3.05, 3.63) is 0 Å². The second-order valence-electron chi connectivity index (χ2n) is 0.847. The van der Waals surface area contributed by atoms with Crippen LogP contribution in [0, 0.1) is 11.5 Å². The molecule has 0 aliphatic rings. The van der Waals surface area contributed by atoms with Gasteiger partial charge >= 0.3 is 5.97 Å². The molecule has 46 valence electrons. The van der Waals surface area contributed by atoms with Gasteiger partial charge in [0.05, 0.1) is 0 Å². The zero-order chi connectivity index (χ0) is 6.99. The first-order valence-electron chi connectivity index (χ1n) is 1.94. The fourth-order valence-electron chi connectivity index (χ4n) is 0. The van der Waals surface area contributed by atoms with Crippen molar-refractivity contribution in [3.63, 3.8) is 0 Å². The van der Waals surface area contributed by atoms with Crippen molar-refractivity contribution in [1.29, 1.82) is 5.26 Å². The van der Waals surface area contributed by atoms with E-state index in [9.17, 15) is 4.79 Å². The van der Waals surface area contributed by atoms with Crippen molar-refractivity contribution in [1.82, 2.24) is 0 Å². The monoisotopic (exact) mass is 117 g/mol. The highest BCUT2D eigenvalue weighted by Crippen LogP contribution is 1.67. The Morgan fingerprint density at radius 2 is 2.00 bits per heavy atom. The lowest BCUT2D eigenvalue weighted by molar-refractivity contribution is -0.136. The summed E-state index contributed by atoms with van der Waals surface area (Å²) in [5.74, 6) is -0.745. The molecule has 0 spiro atoms. The summed E-state index contributed by atoms with van der Waals surface area (Å²) in [5, 5.41) is 21.5. The Balaban J connectivity index is 0. The molecule has 0 fully saturated rings. The van der Waals surface area contributed by atoms with Crippen molar-refractivity contribution >= 4 is 5.97 Å². The van der Waals surface area contributed by atoms with Crippen LogP contribution in [0.2, 0.25) is 0 Å². The number of carbonyl (C=O) groups is 1. The number of rotatable bonds is 1. The first-order chi connectivity index (χ1) is 3.68. The Labute approximate surface area is 47.0 Å². The first-order valence-corrected chi connectivity index (χ1v) is 1.94. The summed E-state index contributed by atoms with van der Waals surface area (Å²) in [6, 6.07) is 0. The van der Waals surface area contributed by atoms with E-state index in [4.69, 9.17) is 15.5 Å². The van der Waals surface area contributed by atoms with Crippen molar-refractivity contribution in [3.8, 4) is 6.26 Å². The van der Waals surface area contributed by atoms with Crippen LogP contribution in [0.4, 0.5) is 0 Å². The Hall–Kier alpha value is -1.24. The SMILES string of the molecule is CCC(=O)O.N#CO. The normalized spacial score (nSPS) is 5.50. The molecule has 0 atom stereocenters. The fourth-order valence-corrected chi connectivity index (χ4v) is 0. The highest BCUT2D eigenvalue weighted by atomic mass is 16.4. The van der Waals surface area contributed by atoms with Gasteiger partial charge in [-0.25, -0.2) is 0 Å². The number of aliphatic hydroxyl groups is 1. The van der Waals surface area contributed by atoms with Gasteiger partial charge in [-0.15, -0.1) is 0 Å². The Bertz CT molecular complexity index is 93.9. The van der Waals surface area contributed by atoms with E-state index in [0.29, 0.717) is 0 Å². The van der Waals surface area contributed by atoms with Crippen LogP contribution < -0.4 is 0 Å². The van der Waals surface area contributed by atoms with Crippen LogP contribution in [-0.2, 0) is 4.79 Å². The number of hydrogen-bond donors (Lipinski definition) is 2. The lowest BCUT2D eigenvalue weighted by Gasteiger charge is -1.71. The highest BCUT2D eigenvalue weighted by Gasteiger charge is 1.80. The molecule has 0 aromatic heterocycles. The largest absolute Gasteiger partial charge is 0.481 e. The van der Waals surface area contributed by atoms with Gasteiger partial charge in [0.1, 0.15) is 0 Å². The molecule has 2 N–H and O–H groups in total. The van der Waals surface area contributed by atoms with Crippen molar-refractivity contribution in [2.75, 3.05) is 0 Å². The molecule has 0 aromatic rings. The van der Waals surface area contributed by atoms with Crippen molar-refractivity contribution in [2.24, 2.45) is 0 Å². The molecule has 0 heterocycles. The molecule has 4 nitrogen and oxygen atoms in total. The number of carboxylic acids is 1. The molecule has 0 rings (SSSR count). The minimum absolute atomic E-state index is 0.222. The third kappa shape index (κ3) is 117. The molecule has 0 saturated heterocycles. The summed E-state index contributed by atoms with van der Waals surface area (Å²) in [6.07, 6.45) is 0.972. The average Bonchev–Trinajstić information content (AvgIpc) is 1.69. The first kappa shape index (κ1) is 9.90. The summed E-state index contributed by atoms with van der Waals surface area (Å²) in [7, 11) is 0. The van der Waals surface area contributed by atoms with Gasteiger partial charge in [-0.3, -0.25) is 4.79 Å². The molecule has 0 aliphatic carbocycles. The quantitative estimate of drug-likeness (QED) is 0.484. The number of nitriles is 1. The van der Waals surface area contributed by atoms with E-state index in [1.807, 2.05) is 0 Å². The average molecular weight is 117 g/mol. The minimum atomic E-state index is -0.745. The molecule has 0 amide bonds. The van der Waals surface area contributed by atoms with E-state index in [0.717, 1.165) is 6.26 Å². The van der Waals surface area contributed by atoms with Crippen LogP contribution in [0.5, 0.6) is 0 Å². The van der Waals surface area contributed by atoms with E-state index in [1.54, 1.807) is 6.92 Å². The molecule has 0 saturated carbocycles. The predicted molar refractivity (Wildman–Crippen MR) is 25.5 cm³/mol. The molecule has 8 heavy (non-hydrogen) atoms. The Kier molecular flexibility index (Phi) is 11.4. The third-order valence-electron chi connectivity index (χ3n) is 0.302. The second-order valence-corrected chi connectivity index (χ2v) is 0.847. The number of aliphatic hydroxyl groups excluding tert-OH is 1. The Morgan fingerprint density at radius 3 is 2.00 bits per heavy atom. The second kappa shape index (κ2) is 9.23. The smallest absolute Gasteiger partial charge is 0.303 e. The van der Waals surface area contributed by atoms with Gasteiger partial charge in [0.15, 0.2) is 0 Å². The fraction of sp³-hybridized carbons (Fsp3) is 0.500. The van der Waals surface area contributed by atoms with Crippen LogP contribution in [0.3, 0.4) is 0 Å². The van der Waals surface area contributed by atoms with E-state index >= 15 is 0 Å². The number of hydrogen-bond acceptors (Lipinski definition) is 3. The molecule has 0 bridgehead atoms. The standard InChI is InChI=1S/C3H6O2.CHNO/c1-2-3(4)5;2-1-3/h2H2,1H3,(H,4,5);3H. The van der Waals surface area contributed by atoms with E-state index in [-0.39, 0.29) is 6.42 Å². The van der Waals surface area contributed by atoms with Gasteiger partial charge in [-0.2, -0.15) is 5.26 Å². The maximum atomic E-state index is 9.37. The topological polar surface area (TPSA) is 81.3 Å². The zero-order valence-electron chi connectivity index (χ0n) is 4.46. The minimum Gasteiger partial charge on any atom is -0.481 e. The maximum Gasteiger partial charge on any atom is 0.303 e. The molecule has 0 unspecified atom stereocenters. The molecular weight excluding hydrogens is 110 g/mol.